The fourth-order valence-corrected chi connectivity index (χ4v) is 1.77. The Kier molecular flexibility index (Phi) is 4.32. The number of carbonyl (C=O) groups excluding carboxylic acids is 1. The van der Waals surface area contributed by atoms with Crippen molar-refractivity contribution >= 4 is 23.5 Å². The number of aromatic carboxylic acids is 1. The lowest BCUT2D eigenvalue weighted by Gasteiger charge is -2.06. The maximum Gasteiger partial charge on any atom is 0.337 e. The monoisotopic (exact) mass is 290 g/mol. The standard InChI is InChI=1S/C14H11ClN2O3/c15-11-4-2-1-3-9(11)7-17-13(18)12-6-5-10(8-16-12)14(19)20/h1-6,8H,7H2,(H,17,18)(H,19,20). The second-order valence-corrected chi connectivity index (χ2v) is 4.42. The Balaban J connectivity index is 2.02. The van der Waals surface area contributed by atoms with Crippen molar-refractivity contribution in [3.8, 4) is 0 Å². The van der Waals surface area contributed by atoms with Crippen LogP contribution in [0.1, 0.15) is 26.4 Å². The number of hydrogen-bond donors (Lipinski definition) is 2. The summed E-state index contributed by atoms with van der Waals surface area (Å²) < 4.78 is 0. The lowest BCUT2D eigenvalue weighted by atomic mass is 10.2. The van der Waals surface area contributed by atoms with E-state index in [1.54, 1.807) is 12.1 Å². The summed E-state index contributed by atoms with van der Waals surface area (Å²) in [7, 11) is 0. The van der Waals surface area contributed by atoms with E-state index in [-0.39, 0.29) is 23.7 Å². The predicted molar refractivity (Wildman–Crippen MR) is 73.8 cm³/mol. The van der Waals surface area contributed by atoms with E-state index in [2.05, 4.69) is 10.3 Å². The van der Waals surface area contributed by atoms with Crippen LogP contribution in [0, 0.1) is 0 Å². The number of carboxylic acid groups (broad SMARTS) is 1. The van der Waals surface area contributed by atoms with E-state index >= 15 is 0 Å². The van der Waals surface area contributed by atoms with Crippen molar-refractivity contribution in [3.63, 3.8) is 0 Å². The van der Waals surface area contributed by atoms with Gasteiger partial charge in [0.15, 0.2) is 0 Å². The minimum absolute atomic E-state index is 0.0349. The van der Waals surface area contributed by atoms with Crippen LogP contribution in [-0.4, -0.2) is 22.0 Å². The van der Waals surface area contributed by atoms with Crippen LogP contribution in [0.4, 0.5) is 0 Å². The van der Waals surface area contributed by atoms with Gasteiger partial charge in [-0.1, -0.05) is 29.8 Å². The molecule has 2 aromatic rings. The third-order valence-corrected chi connectivity index (χ3v) is 3.01. The van der Waals surface area contributed by atoms with Crippen LogP contribution in [-0.2, 0) is 6.54 Å². The Morgan fingerprint density at radius 3 is 2.55 bits per heavy atom. The van der Waals surface area contributed by atoms with Crippen LogP contribution >= 0.6 is 11.6 Å². The molecule has 0 aliphatic heterocycles. The molecular formula is C14H11ClN2O3. The van der Waals surface area contributed by atoms with Gasteiger partial charge in [0, 0.05) is 17.8 Å². The summed E-state index contributed by atoms with van der Waals surface area (Å²) in [5, 5.41) is 12.0. The van der Waals surface area contributed by atoms with Crippen molar-refractivity contribution in [2.45, 2.75) is 6.54 Å². The number of amides is 1. The number of aromatic nitrogens is 1. The molecule has 2 rings (SSSR count). The highest BCUT2D eigenvalue weighted by atomic mass is 35.5. The zero-order valence-corrected chi connectivity index (χ0v) is 11.1. The average Bonchev–Trinajstić information content (AvgIpc) is 2.46. The summed E-state index contributed by atoms with van der Waals surface area (Å²) in [5.74, 6) is -1.47. The number of nitrogens with zero attached hydrogens (tertiary/aromatic N) is 1. The van der Waals surface area contributed by atoms with E-state index in [1.165, 1.54) is 12.1 Å². The molecule has 0 fully saturated rings. The molecule has 1 heterocycles. The van der Waals surface area contributed by atoms with Gasteiger partial charge < -0.3 is 10.4 Å². The minimum Gasteiger partial charge on any atom is -0.478 e. The van der Waals surface area contributed by atoms with Gasteiger partial charge in [-0.15, -0.1) is 0 Å². The van der Waals surface area contributed by atoms with E-state index in [0.717, 1.165) is 11.8 Å². The fourth-order valence-electron chi connectivity index (χ4n) is 1.56. The lowest BCUT2D eigenvalue weighted by molar-refractivity contribution is 0.0695. The summed E-state index contributed by atoms with van der Waals surface area (Å²) in [6, 6.07) is 9.88. The largest absolute Gasteiger partial charge is 0.478 e. The number of carboxylic acids is 1. The molecule has 20 heavy (non-hydrogen) atoms. The zero-order chi connectivity index (χ0) is 14.5. The molecule has 2 N–H and O–H groups in total. The van der Waals surface area contributed by atoms with Crippen LogP contribution < -0.4 is 5.32 Å². The Morgan fingerprint density at radius 1 is 1.20 bits per heavy atom. The highest BCUT2D eigenvalue weighted by molar-refractivity contribution is 6.31. The number of hydrogen-bond acceptors (Lipinski definition) is 3. The van der Waals surface area contributed by atoms with Crippen molar-refractivity contribution in [1.82, 2.24) is 10.3 Å². The molecule has 0 radical (unpaired) electrons. The lowest BCUT2D eigenvalue weighted by Crippen LogP contribution is -2.24. The first-order valence-corrected chi connectivity index (χ1v) is 6.16. The molecule has 102 valence electrons. The van der Waals surface area contributed by atoms with Gasteiger partial charge in [-0.2, -0.15) is 0 Å². The molecule has 0 aliphatic rings. The molecule has 0 unspecified atom stereocenters. The smallest absolute Gasteiger partial charge is 0.337 e. The molecule has 5 nitrogen and oxygen atoms in total. The van der Waals surface area contributed by atoms with Gasteiger partial charge in [-0.25, -0.2) is 4.79 Å². The van der Waals surface area contributed by atoms with E-state index in [0.29, 0.717) is 5.02 Å². The fraction of sp³-hybridized carbons (Fsp3) is 0.0714. The van der Waals surface area contributed by atoms with Crippen LogP contribution in [0.25, 0.3) is 0 Å². The van der Waals surface area contributed by atoms with Crippen LogP contribution in [0.15, 0.2) is 42.6 Å². The summed E-state index contributed by atoms with van der Waals surface area (Å²) >= 11 is 5.98. The molecule has 1 aromatic carbocycles. The number of pyridine rings is 1. The van der Waals surface area contributed by atoms with E-state index in [4.69, 9.17) is 16.7 Å². The van der Waals surface area contributed by atoms with Gasteiger partial charge in [0.1, 0.15) is 5.69 Å². The van der Waals surface area contributed by atoms with Crippen LogP contribution in [0.2, 0.25) is 5.02 Å². The van der Waals surface area contributed by atoms with Crippen LogP contribution in [0.5, 0.6) is 0 Å². The molecule has 0 spiro atoms. The first-order chi connectivity index (χ1) is 9.58. The van der Waals surface area contributed by atoms with Crippen molar-refractivity contribution in [1.29, 1.82) is 0 Å². The van der Waals surface area contributed by atoms with E-state index in [9.17, 15) is 9.59 Å². The van der Waals surface area contributed by atoms with Gasteiger partial charge >= 0.3 is 5.97 Å². The maximum atomic E-state index is 11.8. The maximum absolute atomic E-state index is 11.8. The van der Waals surface area contributed by atoms with Crippen molar-refractivity contribution in [2.75, 3.05) is 0 Å². The first kappa shape index (κ1) is 14.0. The minimum atomic E-state index is -1.08. The SMILES string of the molecule is O=C(O)c1ccc(C(=O)NCc2ccccc2Cl)nc1. The first-order valence-electron chi connectivity index (χ1n) is 5.79. The summed E-state index contributed by atoms with van der Waals surface area (Å²) in [6.07, 6.45) is 1.15. The molecule has 0 bridgehead atoms. The predicted octanol–water partition coefficient (Wildman–Crippen LogP) is 2.36. The Bertz CT molecular complexity index is 641. The number of nitrogens with one attached hydrogen (secondary N) is 1. The van der Waals surface area contributed by atoms with Crippen molar-refractivity contribution in [3.05, 3.63) is 64.4 Å². The molecule has 0 atom stereocenters. The Labute approximate surface area is 120 Å². The molecule has 1 amide bonds. The number of rotatable bonds is 4. The topological polar surface area (TPSA) is 79.3 Å². The van der Waals surface area contributed by atoms with Crippen LogP contribution in [0.3, 0.4) is 0 Å². The Morgan fingerprint density at radius 2 is 1.95 bits per heavy atom. The summed E-state index contributed by atoms with van der Waals surface area (Å²) in [4.78, 5) is 26.3. The third kappa shape index (κ3) is 3.33. The quantitative estimate of drug-likeness (QED) is 0.906. The zero-order valence-electron chi connectivity index (χ0n) is 10.3. The van der Waals surface area contributed by atoms with E-state index in [1.807, 2.05) is 12.1 Å². The van der Waals surface area contributed by atoms with Gasteiger partial charge in [-0.3, -0.25) is 9.78 Å². The molecular weight excluding hydrogens is 280 g/mol. The van der Waals surface area contributed by atoms with Crippen molar-refractivity contribution in [2.24, 2.45) is 0 Å². The molecule has 6 heteroatoms. The molecule has 0 aliphatic carbocycles. The summed E-state index contributed by atoms with van der Waals surface area (Å²) in [5.41, 5.74) is 0.986. The second kappa shape index (κ2) is 6.16. The van der Waals surface area contributed by atoms with Gasteiger partial charge in [0.25, 0.3) is 5.91 Å². The second-order valence-electron chi connectivity index (χ2n) is 4.01. The number of benzene rings is 1. The normalized spacial score (nSPS) is 10.1. The van der Waals surface area contributed by atoms with E-state index < -0.39 is 5.97 Å². The van der Waals surface area contributed by atoms with Gasteiger partial charge in [0.2, 0.25) is 0 Å². The molecule has 0 saturated carbocycles. The van der Waals surface area contributed by atoms with Gasteiger partial charge in [0.05, 0.1) is 5.56 Å². The van der Waals surface area contributed by atoms with Gasteiger partial charge in [-0.05, 0) is 23.8 Å². The Hall–Kier alpha value is -2.40. The molecule has 1 aromatic heterocycles. The third-order valence-electron chi connectivity index (χ3n) is 2.64. The number of carbonyl (C=O) groups is 2. The highest BCUT2D eigenvalue weighted by Gasteiger charge is 2.09. The highest BCUT2D eigenvalue weighted by Crippen LogP contribution is 2.14. The average molecular weight is 291 g/mol. The van der Waals surface area contributed by atoms with Crippen molar-refractivity contribution < 1.29 is 14.7 Å². The number of halogens is 1. The summed E-state index contributed by atoms with van der Waals surface area (Å²) in [6.45, 7) is 0.279. The molecule has 0 saturated heterocycles.